The minimum absolute atomic E-state index is 0.0881. The van der Waals surface area contributed by atoms with E-state index in [1.54, 1.807) is 6.26 Å². The average molecular weight is 215 g/mol. The average Bonchev–Trinajstić information content (AvgIpc) is 2.70. The molecule has 1 saturated heterocycles. The Morgan fingerprint density at radius 2 is 2.43 bits per heavy atom. The molecule has 0 aliphatic carbocycles. The Balaban J connectivity index is 1.83. The van der Waals surface area contributed by atoms with Crippen molar-refractivity contribution in [2.45, 2.75) is 19.0 Å². The molecule has 0 spiro atoms. The maximum Gasteiger partial charge on any atom is 0.151 e. The minimum Gasteiger partial charge on any atom is -0.468 e. The summed E-state index contributed by atoms with van der Waals surface area (Å²) in [5.74, 6) is 1.41. The van der Waals surface area contributed by atoms with E-state index < -0.39 is 9.84 Å². The third-order valence-electron chi connectivity index (χ3n) is 2.38. The van der Waals surface area contributed by atoms with Crippen LogP contribution in [0.25, 0.3) is 0 Å². The lowest BCUT2D eigenvalue weighted by molar-refractivity contribution is 0.457. The first-order valence-electron chi connectivity index (χ1n) is 4.62. The van der Waals surface area contributed by atoms with E-state index in [9.17, 15) is 8.42 Å². The zero-order chi connectivity index (χ0) is 10.0. The lowest BCUT2D eigenvalue weighted by Gasteiger charge is -2.08. The minimum atomic E-state index is -2.78. The Morgan fingerprint density at radius 3 is 3.00 bits per heavy atom. The van der Waals surface area contributed by atoms with Crippen LogP contribution in [-0.2, 0) is 16.4 Å². The van der Waals surface area contributed by atoms with Crippen LogP contribution in [0, 0.1) is 0 Å². The molecular formula is C9H13NO3S. The molecule has 78 valence electrons. The molecule has 1 aromatic heterocycles. The maximum absolute atomic E-state index is 11.1. The molecule has 2 heterocycles. The molecule has 5 heteroatoms. The first-order chi connectivity index (χ1) is 6.66. The van der Waals surface area contributed by atoms with Crippen molar-refractivity contribution in [1.82, 2.24) is 5.32 Å². The largest absolute Gasteiger partial charge is 0.468 e. The number of hydrogen-bond acceptors (Lipinski definition) is 4. The second-order valence-electron chi connectivity index (χ2n) is 3.56. The molecule has 0 bridgehead atoms. The van der Waals surface area contributed by atoms with Crippen LogP contribution in [0.4, 0.5) is 0 Å². The second-order valence-corrected chi connectivity index (χ2v) is 5.79. The van der Waals surface area contributed by atoms with Crippen molar-refractivity contribution in [1.29, 1.82) is 0 Å². The molecule has 0 unspecified atom stereocenters. The van der Waals surface area contributed by atoms with Gasteiger partial charge in [-0.3, -0.25) is 0 Å². The smallest absolute Gasteiger partial charge is 0.151 e. The molecule has 1 atom stereocenters. The molecule has 1 fully saturated rings. The summed E-state index contributed by atoms with van der Waals surface area (Å²) >= 11 is 0. The second kappa shape index (κ2) is 3.74. The zero-order valence-corrected chi connectivity index (χ0v) is 8.59. The monoisotopic (exact) mass is 215 g/mol. The van der Waals surface area contributed by atoms with Crippen LogP contribution in [0.5, 0.6) is 0 Å². The van der Waals surface area contributed by atoms with E-state index in [2.05, 4.69) is 5.32 Å². The van der Waals surface area contributed by atoms with Crippen LogP contribution in [0.1, 0.15) is 12.2 Å². The molecule has 14 heavy (non-hydrogen) atoms. The van der Waals surface area contributed by atoms with Gasteiger partial charge < -0.3 is 9.73 Å². The van der Waals surface area contributed by atoms with Crippen LogP contribution in [-0.4, -0.2) is 26.0 Å². The molecule has 0 radical (unpaired) electrons. The normalized spacial score (nSPS) is 25.3. The van der Waals surface area contributed by atoms with Crippen molar-refractivity contribution in [2.75, 3.05) is 11.5 Å². The first-order valence-corrected chi connectivity index (χ1v) is 6.44. The fourth-order valence-electron chi connectivity index (χ4n) is 1.61. The van der Waals surface area contributed by atoms with Crippen LogP contribution in [0.2, 0.25) is 0 Å². The quantitative estimate of drug-likeness (QED) is 0.800. The van der Waals surface area contributed by atoms with Gasteiger partial charge in [0.1, 0.15) is 5.76 Å². The van der Waals surface area contributed by atoms with Crippen molar-refractivity contribution in [3.05, 3.63) is 24.2 Å². The highest BCUT2D eigenvalue weighted by Gasteiger charge is 2.27. The van der Waals surface area contributed by atoms with Gasteiger partial charge >= 0.3 is 0 Å². The molecule has 1 aliphatic rings. The molecule has 1 N–H and O–H groups in total. The molecule has 2 rings (SSSR count). The summed E-state index contributed by atoms with van der Waals surface area (Å²) in [4.78, 5) is 0. The van der Waals surface area contributed by atoms with E-state index in [1.165, 1.54) is 0 Å². The van der Waals surface area contributed by atoms with E-state index in [1.807, 2.05) is 12.1 Å². The number of hydrogen-bond donors (Lipinski definition) is 1. The van der Waals surface area contributed by atoms with Gasteiger partial charge in [0.15, 0.2) is 9.84 Å². The molecule has 0 amide bonds. The van der Waals surface area contributed by atoms with E-state index >= 15 is 0 Å². The highest BCUT2D eigenvalue weighted by Crippen LogP contribution is 2.12. The molecule has 1 aromatic rings. The number of sulfone groups is 1. The SMILES string of the molecule is O=S1(=O)CC[C@@H](NCc2ccco2)C1. The Kier molecular flexibility index (Phi) is 2.60. The Morgan fingerprint density at radius 1 is 1.57 bits per heavy atom. The topological polar surface area (TPSA) is 59.3 Å². The van der Waals surface area contributed by atoms with Gasteiger partial charge in [-0.25, -0.2) is 8.42 Å². The van der Waals surface area contributed by atoms with Crippen LogP contribution < -0.4 is 5.32 Å². The summed E-state index contributed by atoms with van der Waals surface area (Å²) < 4.78 is 27.4. The van der Waals surface area contributed by atoms with Gasteiger partial charge in [-0.1, -0.05) is 0 Å². The summed E-state index contributed by atoms with van der Waals surface area (Å²) in [5.41, 5.74) is 0. The Bertz CT molecular complexity index is 382. The Labute approximate surface area is 83.2 Å². The van der Waals surface area contributed by atoms with Gasteiger partial charge in [0.05, 0.1) is 24.3 Å². The maximum atomic E-state index is 11.1. The Hall–Kier alpha value is -0.810. The summed E-state index contributed by atoms with van der Waals surface area (Å²) in [5, 5.41) is 3.17. The molecule has 0 saturated carbocycles. The van der Waals surface area contributed by atoms with Gasteiger partial charge in [-0.2, -0.15) is 0 Å². The third-order valence-corrected chi connectivity index (χ3v) is 4.15. The highest BCUT2D eigenvalue weighted by molar-refractivity contribution is 7.91. The number of nitrogens with one attached hydrogen (secondary N) is 1. The fraction of sp³-hybridized carbons (Fsp3) is 0.556. The summed E-state index contributed by atoms with van der Waals surface area (Å²) in [7, 11) is -2.78. The number of rotatable bonds is 3. The zero-order valence-electron chi connectivity index (χ0n) is 7.77. The summed E-state index contributed by atoms with van der Waals surface area (Å²) in [6, 6.07) is 3.78. The third kappa shape index (κ3) is 2.36. The van der Waals surface area contributed by atoms with Gasteiger partial charge in [0.25, 0.3) is 0 Å². The predicted octanol–water partition coefficient (Wildman–Crippen LogP) is 0.556. The molecule has 0 aromatic carbocycles. The van der Waals surface area contributed by atoms with Crippen molar-refractivity contribution < 1.29 is 12.8 Å². The van der Waals surface area contributed by atoms with Crippen LogP contribution >= 0.6 is 0 Å². The molecule has 1 aliphatic heterocycles. The molecular weight excluding hydrogens is 202 g/mol. The lowest BCUT2D eigenvalue weighted by Crippen LogP contribution is -2.29. The van der Waals surface area contributed by atoms with Crippen molar-refractivity contribution >= 4 is 9.84 Å². The summed E-state index contributed by atoms with van der Waals surface area (Å²) in [6.45, 7) is 0.604. The van der Waals surface area contributed by atoms with Gasteiger partial charge in [-0.15, -0.1) is 0 Å². The lowest BCUT2D eigenvalue weighted by atomic mass is 10.2. The van der Waals surface area contributed by atoms with Crippen LogP contribution in [0.15, 0.2) is 22.8 Å². The first kappa shape index (κ1) is 9.73. The predicted molar refractivity (Wildman–Crippen MR) is 52.6 cm³/mol. The van der Waals surface area contributed by atoms with E-state index in [-0.39, 0.29) is 11.8 Å². The van der Waals surface area contributed by atoms with Crippen molar-refractivity contribution in [2.24, 2.45) is 0 Å². The van der Waals surface area contributed by atoms with Gasteiger partial charge in [0, 0.05) is 6.04 Å². The van der Waals surface area contributed by atoms with Gasteiger partial charge in [0.2, 0.25) is 0 Å². The number of furan rings is 1. The van der Waals surface area contributed by atoms with E-state index in [4.69, 9.17) is 4.42 Å². The van der Waals surface area contributed by atoms with E-state index in [0.29, 0.717) is 18.7 Å². The van der Waals surface area contributed by atoms with Crippen molar-refractivity contribution in [3.8, 4) is 0 Å². The summed E-state index contributed by atoms with van der Waals surface area (Å²) in [6.07, 6.45) is 2.32. The van der Waals surface area contributed by atoms with E-state index in [0.717, 1.165) is 5.76 Å². The molecule has 4 nitrogen and oxygen atoms in total. The van der Waals surface area contributed by atoms with Crippen molar-refractivity contribution in [3.63, 3.8) is 0 Å². The highest BCUT2D eigenvalue weighted by atomic mass is 32.2. The van der Waals surface area contributed by atoms with Gasteiger partial charge in [-0.05, 0) is 18.6 Å². The van der Waals surface area contributed by atoms with Crippen LogP contribution in [0.3, 0.4) is 0 Å². The fourth-order valence-corrected chi connectivity index (χ4v) is 3.32. The standard InChI is InChI=1S/C9H13NO3S/c11-14(12)5-3-8(7-14)10-6-9-2-1-4-13-9/h1-2,4,8,10H,3,5-7H2/t8-/m1/s1.